The van der Waals surface area contributed by atoms with Crippen molar-refractivity contribution < 1.29 is 0 Å². The van der Waals surface area contributed by atoms with Crippen LogP contribution >= 0.6 is 27.5 Å². The van der Waals surface area contributed by atoms with Crippen LogP contribution in [0.3, 0.4) is 0 Å². The number of halogens is 2. The molecule has 5 heteroatoms. The Labute approximate surface area is 114 Å². The average molecular weight is 315 g/mol. The van der Waals surface area contributed by atoms with Crippen molar-refractivity contribution in [2.24, 2.45) is 7.05 Å². The molecule has 2 rings (SSSR count). The van der Waals surface area contributed by atoms with E-state index in [1.165, 1.54) is 0 Å². The van der Waals surface area contributed by atoms with Crippen LogP contribution in [0, 0.1) is 0 Å². The van der Waals surface area contributed by atoms with Gasteiger partial charge in [0.25, 0.3) is 0 Å². The molecule has 0 atom stereocenters. The summed E-state index contributed by atoms with van der Waals surface area (Å²) < 4.78 is 3.03. The third-order valence-electron chi connectivity index (χ3n) is 2.62. The summed E-state index contributed by atoms with van der Waals surface area (Å²) in [5.74, 6) is 0.868. The number of rotatable bonds is 3. The van der Waals surface area contributed by atoms with Crippen LogP contribution < -0.4 is 5.32 Å². The van der Waals surface area contributed by atoms with Crippen LogP contribution in [0.15, 0.2) is 28.7 Å². The highest BCUT2D eigenvalue weighted by atomic mass is 79.9. The first-order valence-corrected chi connectivity index (χ1v) is 6.43. The molecule has 1 aromatic heterocycles. The van der Waals surface area contributed by atoms with Gasteiger partial charge in [-0.25, -0.2) is 4.98 Å². The Morgan fingerprint density at radius 1 is 1.41 bits per heavy atom. The van der Waals surface area contributed by atoms with Gasteiger partial charge >= 0.3 is 0 Å². The van der Waals surface area contributed by atoms with Crippen molar-refractivity contribution in [1.82, 2.24) is 14.9 Å². The lowest BCUT2D eigenvalue weighted by atomic mass is 10.2. The fourth-order valence-electron chi connectivity index (χ4n) is 1.74. The molecule has 0 bridgehead atoms. The minimum atomic E-state index is 0.549. The van der Waals surface area contributed by atoms with E-state index in [0.717, 1.165) is 21.6 Å². The van der Waals surface area contributed by atoms with Crippen LogP contribution in [0.2, 0.25) is 5.15 Å². The lowest BCUT2D eigenvalue weighted by Crippen LogP contribution is -2.10. The Kier molecular flexibility index (Phi) is 3.86. The number of hydrogen-bond donors (Lipinski definition) is 1. The highest BCUT2D eigenvalue weighted by Crippen LogP contribution is 2.29. The second kappa shape index (κ2) is 5.21. The lowest BCUT2D eigenvalue weighted by Gasteiger charge is -2.06. The van der Waals surface area contributed by atoms with Gasteiger partial charge in [-0.1, -0.05) is 45.7 Å². The topological polar surface area (TPSA) is 29.9 Å². The standard InChI is InChI=1S/C12H13BrClN3/c1-15-7-10-11(14)16-12(17(10)2)8-5-3-4-6-9(8)13/h3-6,15H,7H2,1-2H3. The van der Waals surface area contributed by atoms with E-state index in [0.29, 0.717) is 11.7 Å². The van der Waals surface area contributed by atoms with Gasteiger partial charge in [0.2, 0.25) is 0 Å². The molecule has 0 aliphatic rings. The minimum absolute atomic E-state index is 0.549. The molecule has 0 aliphatic heterocycles. The first-order valence-electron chi connectivity index (χ1n) is 5.25. The molecule has 0 unspecified atom stereocenters. The molecule has 1 aromatic carbocycles. The summed E-state index contributed by atoms with van der Waals surface area (Å²) in [6.07, 6.45) is 0. The van der Waals surface area contributed by atoms with E-state index in [4.69, 9.17) is 11.6 Å². The number of benzene rings is 1. The van der Waals surface area contributed by atoms with Crippen LogP contribution in [0.4, 0.5) is 0 Å². The Morgan fingerprint density at radius 3 is 2.76 bits per heavy atom. The molecule has 3 nitrogen and oxygen atoms in total. The molecule has 17 heavy (non-hydrogen) atoms. The van der Waals surface area contributed by atoms with E-state index in [9.17, 15) is 0 Å². The van der Waals surface area contributed by atoms with Gasteiger partial charge < -0.3 is 9.88 Å². The monoisotopic (exact) mass is 313 g/mol. The molecule has 90 valence electrons. The van der Waals surface area contributed by atoms with Gasteiger partial charge in [0.15, 0.2) is 5.15 Å². The molecule has 0 fully saturated rings. The predicted octanol–water partition coefficient (Wildman–Crippen LogP) is 3.22. The van der Waals surface area contributed by atoms with Crippen LogP contribution in [-0.2, 0) is 13.6 Å². The Morgan fingerprint density at radius 2 is 2.12 bits per heavy atom. The van der Waals surface area contributed by atoms with Gasteiger partial charge in [-0.05, 0) is 13.1 Å². The molecule has 1 N–H and O–H groups in total. The summed E-state index contributed by atoms with van der Waals surface area (Å²) >= 11 is 9.67. The fourth-order valence-corrected chi connectivity index (χ4v) is 2.48. The van der Waals surface area contributed by atoms with E-state index in [2.05, 4.69) is 26.2 Å². The molecule has 0 amide bonds. The first kappa shape index (κ1) is 12.6. The molecule has 0 aliphatic carbocycles. The molecular weight excluding hydrogens is 302 g/mol. The van der Waals surface area contributed by atoms with Crippen LogP contribution in [0.1, 0.15) is 5.69 Å². The SMILES string of the molecule is CNCc1c(Cl)nc(-c2ccccc2Br)n1C. The first-order chi connectivity index (χ1) is 8.15. The van der Waals surface area contributed by atoms with Gasteiger partial charge in [0.1, 0.15) is 5.82 Å². The third-order valence-corrected chi connectivity index (χ3v) is 3.62. The average Bonchev–Trinajstić information content (AvgIpc) is 2.58. The molecular formula is C12H13BrClN3. The quantitative estimate of drug-likeness (QED) is 0.942. The molecule has 0 radical (unpaired) electrons. The number of hydrogen-bond acceptors (Lipinski definition) is 2. The zero-order chi connectivity index (χ0) is 12.4. The van der Waals surface area contributed by atoms with Crippen molar-refractivity contribution in [3.63, 3.8) is 0 Å². The van der Waals surface area contributed by atoms with Gasteiger partial charge in [0.05, 0.1) is 5.69 Å². The summed E-state index contributed by atoms with van der Waals surface area (Å²) in [5.41, 5.74) is 2.03. The summed E-state index contributed by atoms with van der Waals surface area (Å²) in [4.78, 5) is 4.42. The summed E-state index contributed by atoms with van der Waals surface area (Å²) in [6, 6.07) is 7.98. The maximum atomic E-state index is 6.14. The largest absolute Gasteiger partial charge is 0.329 e. The number of aromatic nitrogens is 2. The maximum absolute atomic E-state index is 6.14. The Balaban J connectivity index is 2.54. The smallest absolute Gasteiger partial charge is 0.152 e. The van der Waals surface area contributed by atoms with E-state index in [1.54, 1.807) is 0 Å². The molecule has 0 spiro atoms. The van der Waals surface area contributed by atoms with Crippen molar-refractivity contribution in [2.45, 2.75) is 6.54 Å². The van der Waals surface area contributed by atoms with Crippen molar-refractivity contribution in [3.8, 4) is 11.4 Å². The van der Waals surface area contributed by atoms with Crippen molar-refractivity contribution in [2.75, 3.05) is 7.05 Å². The normalized spacial score (nSPS) is 10.8. The zero-order valence-corrected chi connectivity index (χ0v) is 12.0. The van der Waals surface area contributed by atoms with E-state index in [-0.39, 0.29) is 0 Å². The second-order valence-corrected chi connectivity index (χ2v) is 4.95. The molecule has 0 saturated carbocycles. The second-order valence-electron chi connectivity index (χ2n) is 3.74. The summed E-state index contributed by atoms with van der Waals surface area (Å²) in [7, 11) is 3.86. The van der Waals surface area contributed by atoms with Crippen molar-refractivity contribution in [1.29, 1.82) is 0 Å². The highest BCUT2D eigenvalue weighted by Gasteiger charge is 2.15. The predicted molar refractivity (Wildman–Crippen MR) is 74.1 cm³/mol. The fraction of sp³-hybridized carbons (Fsp3) is 0.250. The minimum Gasteiger partial charge on any atom is -0.329 e. The molecule has 1 heterocycles. The Hall–Kier alpha value is -0.840. The number of imidazole rings is 1. The highest BCUT2D eigenvalue weighted by molar-refractivity contribution is 9.10. The van der Waals surface area contributed by atoms with E-state index in [1.807, 2.05) is 42.9 Å². The Bertz CT molecular complexity index is 537. The summed E-state index contributed by atoms with van der Waals surface area (Å²) in [5, 5.41) is 3.64. The van der Waals surface area contributed by atoms with Gasteiger partial charge in [-0.3, -0.25) is 0 Å². The number of nitrogens with one attached hydrogen (secondary N) is 1. The van der Waals surface area contributed by atoms with Crippen molar-refractivity contribution in [3.05, 3.63) is 39.6 Å². The van der Waals surface area contributed by atoms with Crippen LogP contribution in [0.25, 0.3) is 11.4 Å². The van der Waals surface area contributed by atoms with Gasteiger partial charge in [-0.2, -0.15) is 0 Å². The summed E-state index contributed by atoms with van der Waals surface area (Å²) in [6.45, 7) is 0.701. The maximum Gasteiger partial charge on any atom is 0.152 e. The van der Waals surface area contributed by atoms with Crippen LogP contribution in [-0.4, -0.2) is 16.6 Å². The molecule has 0 saturated heterocycles. The number of nitrogens with zero attached hydrogens (tertiary/aromatic N) is 2. The van der Waals surface area contributed by atoms with Crippen LogP contribution in [0.5, 0.6) is 0 Å². The lowest BCUT2D eigenvalue weighted by molar-refractivity contribution is 0.738. The van der Waals surface area contributed by atoms with Gasteiger partial charge in [0, 0.05) is 23.6 Å². The zero-order valence-electron chi connectivity index (χ0n) is 9.67. The molecule has 2 aromatic rings. The van der Waals surface area contributed by atoms with Crippen molar-refractivity contribution >= 4 is 27.5 Å². The van der Waals surface area contributed by atoms with E-state index >= 15 is 0 Å². The van der Waals surface area contributed by atoms with Gasteiger partial charge in [-0.15, -0.1) is 0 Å². The third kappa shape index (κ3) is 2.39. The van der Waals surface area contributed by atoms with E-state index < -0.39 is 0 Å².